The van der Waals surface area contributed by atoms with Crippen molar-refractivity contribution in [2.75, 3.05) is 20.3 Å². The number of rotatable bonds is 4. The summed E-state index contributed by atoms with van der Waals surface area (Å²) < 4.78 is 11.5. The van der Waals surface area contributed by atoms with Gasteiger partial charge in [-0.3, -0.25) is 4.79 Å². The molecule has 1 saturated heterocycles. The molecule has 4 nitrogen and oxygen atoms in total. The Bertz CT molecular complexity index is 1050. The van der Waals surface area contributed by atoms with E-state index < -0.39 is 0 Å². The zero-order chi connectivity index (χ0) is 19.1. The fraction of sp³-hybridized carbons (Fsp3) is 0.292. The summed E-state index contributed by atoms with van der Waals surface area (Å²) in [5, 5.41) is 2.33. The van der Waals surface area contributed by atoms with Gasteiger partial charge in [0.2, 0.25) is 0 Å². The molecule has 142 valence electrons. The molecule has 1 atom stereocenters. The van der Waals surface area contributed by atoms with E-state index in [1.807, 2.05) is 25.2 Å². The van der Waals surface area contributed by atoms with E-state index in [9.17, 15) is 4.79 Å². The monoisotopic (exact) mass is 373 g/mol. The van der Waals surface area contributed by atoms with Crippen LogP contribution in [0.2, 0.25) is 0 Å². The van der Waals surface area contributed by atoms with E-state index in [-0.39, 0.29) is 12.0 Å². The van der Waals surface area contributed by atoms with Crippen molar-refractivity contribution < 1.29 is 14.3 Å². The number of benzene rings is 3. The Kier molecular flexibility index (Phi) is 4.29. The quantitative estimate of drug-likeness (QED) is 0.668. The van der Waals surface area contributed by atoms with Crippen molar-refractivity contribution in [1.29, 1.82) is 0 Å². The van der Waals surface area contributed by atoms with E-state index in [1.54, 1.807) is 4.90 Å². The van der Waals surface area contributed by atoms with E-state index >= 15 is 0 Å². The van der Waals surface area contributed by atoms with Crippen molar-refractivity contribution in [2.45, 2.75) is 25.5 Å². The first-order valence-electron chi connectivity index (χ1n) is 9.84. The first-order chi connectivity index (χ1) is 13.7. The molecular formula is C24H23NO3. The molecule has 2 aliphatic heterocycles. The number of carbonyl (C=O) groups is 1. The van der Waals surface area contributed by atoms with Crippen LogP contribution in [-0.2, 0) is 11.3 Å². The maximum absolute atomic E-state index is 12.1. The minimum Gasteiger partial charge on any atom is -0.491 e. The predicted molar refractivity (Wildman–Crippen MR) is 110 cm³/mol. The van der Waals surface area contributed by atoms with Crippen LogP contribution >= 0.6 is 0 Å². The van der Waals surface area contributed by atoms with Crippen LogP contribution in [0.3, 0.4) is 0 Å². The summed E-state index contributed by atoms with van der Waals surface area (Å²) in [5.41, 5.74) is 4.22. The van der Waals surface area contributed by atoms with Crippen LogP contribution < -0.4 is 4.74 Å². The molecule has 3 aromatic carbocycles. The molecule has 0 aromatic heterocycles. The minimum absolute atomic E-state index is 0.107. The highest BCUT2D eigenvalue weighted by Gasteiger charge is 2.24. The van der Waals surface area contributed by atoms with Crippen molar-refractivity contribution >= 4 is 16.7 Å². The van der Waals surface area contributed by atoms with E-state index in [2.05, 4.69) is 36.4 Å². The van der Waals surface area contributed by atoms with Gasteiger partial charge in [-0.2, -0.15) is 0 Å². The third-order valence-electron chi connectivity index (χ3n) is 5.69. The van der Waals surface area contributed by atoms with Crippen LogP contribution in [0.15, 0.2) is 54.6 Å². The van der Waals surface area contributed by atoms with Gasteiger partial charge in [0.05, 0.1) is 6.10 Å². The molecule has 2 heterocycles. The highest BCUT2D eigenvalue weighted by Crippen LogP contribution is 2.31. The number of nitrogens with zero attached hydrogens (tertiary/aromatic N) is 1. The largest absolute Gasteiger partial charge is 0.491 e. The summed E-state index contributed by atoms with van der Waals surface area (Å²) in [4.78, 5) is 13.9. The lowest BCUT2D eigenvalue weighted by Crippen LogP contribution is -2.17. The van der Waals surface area contributed by atoms with E-state index in [0.29, 0.717) is 13.2 Å². The number of hydrogen-bond acceptors (Lipinski definition) is 3. The third kappa shape index (κ3) is 3.14. The van der Waals surface area contributed by atoms with Crippen LogP contribution in [0.25, 0.3) is 21.9 Å². The Balaban J connectivity index is 1.39. The van der Waals surface area contributed by atoms with Gasteiger partial charge in [0, 0.05) is 25.8 Å². The SMILES string of the molecule is CN1Cc2cc(-c3ccc4cc(OCC5CCCO5)ccc4c3)ccc2C1=O. The van der Waals surface area contributed by atoms with Gasteiger partial charge in [-0.25, -0.2) is 0 Å². The van der Waals surface area contributed by atoms with Crippen molar-refractivity contribution in [3.8, 4) is 16.9 Å². The zero-order valence-electron chi connectivity index (χ0n) is 16.0. The molecule has 2 aliphatic rings. The lowest BCUT2D eigenvalue weighted by molar-refractivity contribution is 0.0680. The van der Waals surface area contributed by atoms with Crippen molar-refractivity contribution in [3.05, 3.63) is 65.7 Å². The molecule has 1 amide bonds. The molecule has 0 aliphatic carbocycles. The van der Waals surface area contributed by atoms with E-state index in [4.69, 9.17) is 9.47 Å². The number of amides is 1. The molecule has 3 aromatic rings. The van der Waals surface area contributed by atoms with Gasteiger partial charge in [-0.15, -0.1) is 0 Å². The standard InChI is InChI=1S/C24H23NO3/c1-25-14-20-12-18(7-9-23(20)24(25)26)16-4-5-19-13-21(8-6-17(19)11-16)28-15-22-3-2-10-27-22/h4-9,11-13,22H,2-3,10,14-15H2,1H3. The minimum atomic E-state index is 0.107. The summed E-state index contributed by atoms with van der Waals surface area (Å²) >= 11 is 0. The number of hydrogen-bond donors (Lipinski definition) is 0. The van der Waals surface area contributed by atoms with Crippen LogP contribution in [0.1, 0.15) is 28.8 Å². The molecule has 0 N–H and O–H groups in total. The normalized spacial score (nSPS) is 18.7. The molecule has 28 heavy (non-hydrogen) atoms. The summed E-state index contributed by atoms with van der Waals surface area (Å²) in [6.07, 6.45) is 2.43. The van der Waals surface area contributed by atoms with Crippen LogP contribution in [0.4, 0.5) is 0 Å². The molecule has 0 radical (unpaired) electrons. The maximum Gasteiger partial charge on any atom is 0.254 e. The highest BCUT2D eigenvalue weighted by molar-refractivity contribution is 5.99. The Labute approximate surface area is 164 Å². The van der Waals surface area contributed by atoms with Gasteiger partial charge in [0.15, 0.2) is 0 Å². The lowest BCUT2D eigenvalue weighted by atomic mass is 9.98. The summed E-state index contributed by atoms with van der Waals surface area (Å²) in [7, 11) is 1.84. The van der Waals surface area contributed by atoms with Crippen molar-refractivity contribution in [1.82, 2.24) is 4.90 Å². The van der Waals surface area contributed by atoms with Crippen molar-refractivity contribution in [2.24, 2.45) is 0 Å². The number of fused-ring (bicyclic) bond motifs is 2. The third-order valence-corrected chi connectivity index (χ3v) is 5.69. The lowest BCUT2D eigenvalue weighted by Gasteiger charge is -2.12. The van der Waals surface area contributed by atoms with Crippen LogP contribution in [0.5, 0.6) is 5.75 Å². The predicted octanol–water partition coefficient (Wildman–Crippen LogP) is 4.65. The second-order valence-corrected chi connectivity index (χ2v) is 7.70. The van der Waals surface area contributed by atoms with Gasteiger partial charge in [0.25, 0.3) is 5.91 Å². The second kappa shape index (κ2) is 6.95. The first kappa shape index (κ1) is 17.3. The van der Waals surface area contributed by atoms with Gasteiger partial charge in [0.1, 0.15) is 12.4 Å². The van der Waals surface area contributed by atoms with Gasteiger partial charge < -0.3 is 14.4 Å². The fourth-order valence-electron chi connectivity index (χ4n) is 4.10. The summed E-state index contributed by atoms with van der Waals surface area (Å²) in [5.74, 6) is 0.991. The van der Waals surface area contributed by atoms with E-state index in [1.165, 1.54) is 5.39 Å². The zero-order valence-corrected chi connectivity index (χ0v) is 16.0. The molecular weight excluding hydrogens is 350 g/mol. The van der Waals surface area contributed by atoms with Crippen LogP contribution in [0, 0.1) is 0 Å². The Morgan fingerprint density at radius 2 is 1.82 bits per heavy atom. The first-order valence-corrected chi connectivity index (χ1v) is 9.84. The number of carbonyl (C=O) groups excluding carboxylic acids is 1. The molecule has 5 rings (SSSR count). The molecule has 0 saturated carbocycles. The second-order valence-electron chi connectivity index (χ2n) is 7.70. The fourth-order valence-corrected chi connectivity index (χ4v) is 4.10. The average Bonchev–Trinajstić information content (AvgIpc) is 3.34. The van der Waals surface area contributed by atoms with E-state index in [0.717, 1.165) is 52.8 Å². The highest BCUT2D eigenvalue weighted by atomic mass is 16.5. The molecule has 0 bridgehead atoms. The Hall–Kier alpha value is -2.85. The molecule has 1 fully saturated rings. The molecule has 4 heteroatoms. The van der Waals surface area contributed by atoms with Crippen LogP contribution in [-0.4, -0.2) is 37.2 Å². The maximum atomic E-state index is 12.1. The Morgan fingerprint density at radius 1 is 1.04 bits per heavy atom. The van der Waals surface area contributed by atoms with Gasteiger partial charge in [-0.05, 0) is 70.6 Å². The smallest absolute Gasteiger partial charge is 0.254 e. The summed E-state index contributed by atoms with van der Waals surface area (Å²) in [6.45, 7) is 2.15. The average molecular weight is 373 g/mol. The topological polar surface area (TPSA) is 38.8 Å². The van der Waals surface area contributed by atoms with Crippen molar-refractivity contribution in [3.63, 3.8) is 0 Å². The molecule has 1 unspecified atom stereocenters. The summed E-state index contributed by atoms with van der Waals surface area (Å²) in [6, 6.07) is 18.8. The Morgan fingerprint density at radius 3 is 2.68 bits per heavy atom. The number of ether oxygens (including phenoxy) is 2. The van der Waals surface area contributed by atoms with Gasteiger partial charge in [-0.1, -0.05) is 24.3 Å². The molecule has 0 spiro atoms. The van der Waals surface area contributed by atoms with Gasteiger partial charge >= 0.3 is 0 Å².